The van der Waals surface area contributed by atoms with Crippen molar-refractivity contribution in [1.82, 2.24) is 0 Å². The van der Waals surface area contributed by atoms with Crippen molar-refractivity contribution in [3.63, 3.8) is 0 Å². The Balaban J connectivity index is 2.19. The lowest BCUT2D eigenvalue weighted by molar-refractivity contribution is -0.147. The third kappa shape index (κ3) is 4.29. The minimum absolute atomic E-state index is 0.132. The summed E-state index contributed by atoms with van der Waals surface area (Å²) in [5.74, 6) is 0.201. The summed E-state index contributed by atoms with van der Waals surface area (Å²) in [5.41, 5.74) is 1.94. The van der Waals surface area contributed by atoms with Gasteiger partial charge in [0.25, 0.3) is 5.91 Å². The Morgan fingerprint density at radius 2 is 1.81 bits per heavy atom. The highest BCUT2D eigenvalue weighted by atomic mass is 79.9. The maximum Gasteiger partial charge on any atom is 0.332 e. The van der Waals surface area contributed by atoms with Gasteiger partial charge in [0.15, 0.2) is 0 Å². The summed E-state index contributed by atoms with van der Waals surface area (Å²) in [6, 6.07) is 11.3. The topological polar surface area (TPSA) is 55.8 Å². The van der Waals surface area contributed by atoms with Crippen molar-refractivity contribution in [3.05, 3.63) is 57.6 Å². The van der Waals surface area contributed by atoms with Crippen LogP contribution < -0.4 is 9.64 Å². The zero-order valence-electron chi connectivity index (χ0n) is 19.9. The molecule has 2 aromatic rings. The van der Waals surface area contributed by atoms with Gasteiger partial charge in [-0.2, -0.15) is 0 Å². The Morgan fingerprint density at radius 1 is 1.12 bits per heavy atom. The minimum Gasteiger partial charge on any atom is -0.496 e. The number of fused-ring (bicyclic) bond motifs is 1. The number of ether oxygens (including phenoxy) is 2. The van der Waals surface area contributed by atoms with Gasteiger partial charge in [0.05, 0.1) is 14.2 Å². The Bertz CT molecular complexity index is 1040. The molecule has 1 amide bonds. The van der Waals surface area contributed by atoms with E-state index < -0.39 is 11.5 Å². The third-order valence-corrected chi connectivity index (χ3v) is 6.46. The molecule has 5 nitrogen and oxygen atoms in total. The van der Waals surface area contributed by atoms with Crippen molar-refractivity contribution in [2.45, 2.75) is 58.4 Å². The van der Waals surface area contributed by atoms with Gasteiger partial charge < -0.3 is 9.47 Å². The lowest BCUT2D eigenvalue weighted by atomic mass is 9.84. The van der Waals surface area contributed by atoms with E-state index in [1.165, 1.54) is 7.11 Å². The van der Waals surface area contributed by atoms with Gasteiger partial charge in [-0.3, -0.25) is 9.69 Å². The van der Waals surface area contributed by atoms with Gasteiger partial charge in [0, 0.05) is 22.1 Å². The van der Waals surface area contributed by atoms with Crippen molar-refractivity contribution in [3.8, 4) is 5.75 Å². The van der Waals surface area contributed by atoms with E-state index in [1.807, 2.05) is 44.2 Å². The van der Waals surface area contributed by atoms with Crippen LogP contribution in [0.15, 0.2) is 40.9 Å². The number of esters is 1. The smallest absolute Gasteiger partial charge is 0.332 e. The van der Waals surface area contributed by atoms with Crippen molar-refractivity contribution >= 4 is 33.5 Å². The number of benzene rings is 2. The Morgan fingerprint density at radius 3 is 2.38 bits per heavy atom. The zero-order valence-corrected chi connectivity index (χ0v) is 21.5. The molecule has 0 aliphatic carbocycles. The normalized spacial score (nSPS) is 18.0. The van der Waals surface area contributed by atoms with Gasteiger partial charge in [0.2, 0.25) is 0 Å². The number of halogens is 1. The van der Waals surface area contributed by atoms with Gasteiger partial charge in [0.1, 0.15) is 11.3 Å². The largest absolute Gasteiger partial charge is 0.496 e. The van der Waals surface area contributed by atoms with E-state index in [4.69, 9.17) is 9.47 Å². The van der Waals surface area contributed by atoms with E-state index in [1.54, 1.807) is 18.1 Å². The van der Waals surface area contributed by atoms with Crippen LogP contribution in [0.25, 0.3) is 0 Å². The number of methoxy groups -OCH3 is 2. The average Bonchev–Trinajstić information content (AvgIpc) is 3.04. The number of hydrogen-bond acceptors (Lipinski definition) is 4. The first kappa shape index (κ1) is 24.3. The molecule has 0 fully saturated rings. The minimum atomic E-state index is -1.10. The molecule has 0 spiro atoms. The Kier molecular flexibility index (Phi) is 6.75. The summed E-state index contributed by atoms with van der Waals surface area (Å²) >= 11 is 3.52. The van der Waals surface area contributed by atoms with Gasteiger partial charge in [-0.1, -0.05) is 56.6 Å². The monoisotopic (exact) mass is 501 g/mol. The zero-order chi connectivity index (χ0) is 23.8. The van der Waals surface area contributed by atoms with E-state index in [-0.39, 0.29) is 17.2 Å². The molecule has 0 N–H and O–H groups in total. The second-order valence-corrected chi connectivity index (χ2v) is 10.8. The number of nitrogens with zero attached hydrogens (tertiary/aromatic N) is 1. The van der Waals surface area contributed by atoms with Gasteiger partial charge in [-0.15, -0.1) is 0 Å². The highest BCUT2D eigenvalue weighted by Crippen LogP contribution is 2.45. The molecule has 0 saturated carbocycles. The molecule has 0 radical (unpaired) electrons. The predicted octanol–water partition coefficient (Wildman–Crippen LogP) is 5.92. The highest BCUT2D eigenvalue weighted by Gasteiger charge is 2.53. The molecular weight excluding hydrogens is 470 g/mol. The molecule has 1 atom stereocenters. The van der Waals surface area contributed by atoms with Crippen LogP contribution in [0.5, 0.6) is 5.75 Å². The molecule has 6 heteroatoms. The number of carbonyl (C=O) groups is 2. The molecule has 1 aliphatic heterocycles. The van der Waals surface area contributed by atoms with Gasteiger partial charge in [-0.25, -0.2) is 4.79 Å². The number of anilines is 1. The van der Waals surface area contributed by atoms with Crippen LogP contribution in [0.1, 0.15) is 62.5 Å². The predicted molar refractivity (Wildman–Crippen MR) is 131 cm³/mol. The number of carbonyl (C=O) groups excluding carboxylic acids is 2. The van der Waals surface area contributed by atoms with Gasteiger partial charge in [-0.05, 0) is 59.2 Å². The first-order valence-corrected chi connectivity index (χ1v) is 11.6. The average molecular weight is 502 g/mol. The van der Waals surface area contributed by atoms with Crippen LogP contribution in [0, 0.1) is 5.92 Å². The second-order valence-electron chi connectivity index (χ2n) is 9.88. The molecular formula is C26H32BrNO4. The fourth-order valence-corrected chi connectivity index (χ4v) is 5.10. The molecule has 1 heterocycles. The summed E-state index contributed by atoms with van der Waals surface area (Å²) in [7, 11) is 2.99. The number of rotatable bonds is 5. The van der Waals surface area contributed by atoms with Crippen LogP contribution in [-0.2, 0) is 21.4 Å². The molecule has 2 aromatic carbocycles. The lowest BCUT2D eigenvalue weighted by Gasteiger charge is -2.37. The van der Waals surface area contributed by atoms with E-state index in [9.17, 15) is 9.59 Å². The fraction of sp³-hybridized carbons (Fsp3) is 0.462. The Labute approximate surface area is 199 Å². The summed E-state index contributed by atoms with van der Waals surface area (Å²) in [4.78, 5) is 28.9. The quantitative estimate of drug-likeness (QED) is 0.477. The van der Waals surface area contributed by atoms with E-state index in [0.717, 1.165) is 21.3 Å². The SMILES string of the molecule is COC(=O)C1(CC(C)C)Cc2cc(Br)ccc2N1C(=O)c1ccc(C(C)(C)C)c(OC)c1. The van der Waals surface area contributed by atoms with Crippen LogP contribution in [0.4, 0.5) is 5.69 Å². The Hall–Kier alpha value is -2.34. The van der Waals surface area contributed by atoms with Crippen molar-refractivity contribution in [2.24, 2.45) is 5.92 Å². The maximum atomic E-state index is 14.0. The molecule has 0 bridgehead atoms. The highest BCUT2D eigenvalue weighted by molar-refractivity contribution is 9.10. The molecule has 1 unspecified atom stereocenters. The van der Waals surface area contributed by atoms with E-state index in [2.05, 4.69) is 36.7 Å². The van der Waals surface area contributed by atoms with Crippen molar-refractivity contribution in [1.29, 1.82) is 0 Å². The molecule has 0 aromatic heterocycles. The molecule has 0 saturated heterocycles. The fourth-order valence-electron chi connectivity index (χ4n) is 4.69. The van der Waals surface area contributed by atoms with E-state index in [0.29, 0.717) is 24.2 Å². The molecule has 3 rings (SSSR count). The van der Waals surface area contributed by atoms with Crippen molar-refractivity contribution in [2.75, 3.05) is 19.1 Å². The summed E-state index contributed by atoms with van der Waals surface area (Å²) in [5, 5.41) is 0. The summed E-state index contributed by atoms with van der Waals surface area (Å²) in [6.07, 6.45) is 0.907. The molecule has 1 aliphatic rings. The van der Waals surface area contributed by atoms with Crippen molar-refractivity contribution < 1.29 is 19.1 Å². The standard InChI is InChI=1S/C26H32BrNO4/c1-16(2)14-26(24(30)32-7)15-18-12-19(27)9-11-21(18)28(26)23(29)17-8-10-20(25(3,4)5)22(13-17)31-6/h8-13,16H,14-15H2,1-7H3. The first-order chi connectivity index (χ1) is 14.9. The third-order valence-electron chi connectivity index (χ3n) is 5.96. The summed E-state index contributed by atoms with van der Waals surface area (Å²) in [6.45, 7) is 10.4. The molecule has 32 heavy (non-hydrogen) atoms. The second kappa shape index (κ2) is 8.89. The van der Waals surface area contributed by atoms with Crippen LogP contribution in [0.3, 0.4) is 0 Å². The molecule has 172 valence electrons. The van der Waals surface area contributed by atoms with Gasteiger partial charge >= 0.3 is 5.97 Å². The summed E-state index contributed by atoms with van der Waals surface area (Å²) < 4.78 is 11.8. The van der Waals surface area contributed by atoms with Crippen LogP contribution >= 0.6 is 15.9 Å². The van der Waals surface area contributed by atoms with Crippen LogP contribution in [0.2, 0.25) is 0 Å². The first-order valence-electron chi connectivity index (χ1n) is 10.8. The van der Waals surface area contributed by atoms with E-state index >= 15 is 0 Å². The number of hydrogen-bond donors (Lipinski definition) is 0. The maximum absolute atomic E-state index is 14.0. The lowest BCUT2D eigenvalue weighted by Crippen LogP contribution is -2.57. The number of amides is 1. The van der Waals surface area contributed by atoms with Crippen LogP contribution in [-0.4, -0.2) is 31.6 Å².